The second-order valence-corrected chi connectivity index (χ2v) is 7.23. The molecular weight excluding hydrogens is 390 g/mol. The van der Waals surface area contributed by atoms with E-state index in [1.165, 1.54) is 0 Å². The molecule has 0 amide bonds. The second kappa shape index (κ2) is 8.08. The summed E-state index contributed by atoms with van der Waals surface area (Å²) in [6, 6.07) is 23.3. The molecule has 0 unspecified atom stereocenters. The maximum Gasteiger partial charge on any atom is 0.139 e. The molecule has 31 heavy (non-hydrogen) atoms. The number of methoxy groups -OCH3 is 1. The summed E-state index contributed by atoms with van der Waals surface area (Å²) < 4.78 is 12.7. The van der Waals surface area contributed by atoms with Crippen LogP contribution in [0.4, 0.5) is 0 Å². The van der Waals surface area contributed by atoms with Crippen LogP contribution in [0.3, 0.4) is 0 Å². The van der Waals surface area contributed by atoms with Gasteiger partial charge in [0.15, 0.2) is 0 Å². The van der Waals surface area contributed by atoms with Crippen LogP contribution in [0.15, 0.2) is 79.1 Å². The smallest absolute Gasteiger partial charge is 0.139 e. The largest absolute Gasteiger partial charge is 0.508 e. The number of aromatic hydroxyl groups is 1. The zero-order valence-electron chi connectivity index (χ0n) is 17.0. The maximum atomic E-state index is 9.51. The highest BCUT2D eigenvalue weighted by Crippen LogP contribution is 2.27. The number of hydrogen-bond acceptors (Lipinski definition) is 5. The Hall–Kier alpha value is -3.90. The van der Waals surface area contributed by atoms with Gasteiger partial charge in [0.1, 0.15) is 30.3 Å². The van der Waals surface area contributed by atoms with Crippen molar-refractivity contribution in [3.63, 3.8) is 0 Å². The van der Waals surface area contributed by atoms with E-state index in [1.807, 2.05) is 53.1 Å². The van der Waals surface area contributed by atoms with E-state index in [9.17, 15) is 5.11 Å². The summed E-state index contributed by atoms with van der Waals surface area (Å²) >= 11 is 0. The van der Waals surface area contributed by atoms with Crippen molar-refractivity contribution in [2.45, 2.75) is 0 Å². The molecule has 3 aromatic carbocycles. The third kappa shape index (κ3) is 3.81. The molecule has 0 atom stereocenters. The first-order valence-electron chi connectivity index (χ1n) is 10.0. The van der Waals surface area contributed by atoms with E-state index >= 15 is 0 Å². The first-order chi connectivity index (χ1) is 15.2. The third-order valence-corrected chi connectivity index (χ3v) is 5.20. The number of rotatable bonds is 6. The minimum absolute atomic E-state index is 0.261. The lowest BCUT2D eigenvalue weighted by molar-refractivity contribution is 0.146. The molecule has 0 saturated heterocycles. The summed E-state index contributed by atoms with van der Waals surface area (Å²) in [5.74, 6) is 1.83. The van der Waals surface area contributed by atoms with Gasteiger partial charge in [0.05, 0.1) is 23.2 Å². The molecule has 0 saturated carbocycles. The molecule has 0 aliphatic rings. The van der Waals surface area contributed by atoms with Crippen molar-refractivity contribution in [3.05, 3.63) is 79.1 Å². The van der Waals surface area contributed by atoms with E-state index in [-0.39, 0.29) is 5.75 Å². The molecule has 0 spiro atoms. The van der Waals surface area contributed by atoms with Gasteiger partial charge in [-0.3, -0.25) is 4.57 Å². The van der Waals surface area contributed by atoms with Crippen molar-refractivity contribution in [2.75, 3.05) is 20.3 Å². The van der Waals surface area contributed by atoms with Gasteiger partial charge in [-0.05, 0) is 59.7 Å². The predicted octanol–water partition coefficient (Wildman–Crippen LogP) is 4.97. The van der Waals surface area contributed by atoms with Gasteiger partial charge in [-0.2, -0.15) is 0 Å². The fourth-order valence-corrected chi connectivity index (χ4v) is 3.59. The number of phenols is 1. The quantitative estimate of drug-likeness (QED) is 0.400. The minimum Gasteiger partial charge on any atom is -0.508 e. The normalized spacial score (nSPS) is 11.3. The monoisotopic (exact) mass is 411 g/mol. The zero-order valence-corrected chi connectivity index (χ0v) is 17.0. The van der Waals surface area contributed by atoms with E-state index < -0.39 is 0 Å². The van der Waals surface area contributed by atoms with Gasteiger partial charge in [-0.1, -0.05) is 18.2 Å². The van der Waals surface area contributed by atoms with Crippen LogP contribution in [-0.2, 0) is 4.74 Å². The molecule has 0 aliphatic carbocycles. The van der Waals surface area contributed by atoms with Crippen molar-refractivity contribution in [1.29, 1.82) is 0 Å². The van der Waals surface area contributed by atoms with Gasteiger partial charge >= 0.3 is 0 Å². The number of benzene rings is 3. The fourth-order valence-electron chi connectivity index (χ4n) is 3.59. The molecule has 1 N–H and O–H groups in total. The summed E-state index contributed by atoms with van der Waals surface area (Å²) in [5.41, 5.74) is 4.84. The van der Waals surface area contributed by atoms with Crippen LogP contribution in [0.1, 0.15) is 0 Å². The molecule has 0 aliphatic heterocycles. The average Bonchev–Trinajstić information content (AvgIpc) is 3.22. The Morgan fingerprint density at radius 1 is 0.839 bits per heavy atom. The van der Waals surface area contributed by atoms with Crippen molar-refractivity contribution < 1.29 is 14.6 Å². The number of pyridine rings is 1. The van der Waals surface area contributed by atoms with Crippen LogP contribution in [0.2, 0.25) is 0 Å². The standard InChI is InChI=1S/C25H21N3O3/c1-30-12-13-31-21-8-10-24-23(15-21)26-16-28(24)25-11-5-19-14-18(4-9-22(19)27-25)17-2-6-20(29)7-3-17/h2-11,14-16,29H,12-13H2,1H3. The first-order valence-corrected chi connectivity index (χ1v) is 10.0. The van der Waals surface area contributed by atoms with Crippen molar-refractivity contribution in [3.8, 4) is 28.4 Å². The van der Waals surface area contributed by atoms with Crippen molar-refractivity contribution >= 4 is 21.9 Å². The Morgan fingerprint density at radius 2 is 1.68 bits per heavy atom. The van der Waals surface area contributed by atoms with Crippen molar-refractivity contribution in [1.82, 2.24) is 14.5 Å². The van der Waals surface area contributed by atoms with E-state index in [2.05, 4.69) is 17.1 Å². The number of fused-ring (bicyclic) bond motifs is 2. The molecule has 2 aromatic heterocycles. The van der Waals surface area contributed by atoms with Crippen LogP contribution in [0, 0.1) is 0 Å². The van der Waals surface area contributed by atoms with Gasteiger partial charge < -0.3 is 14.6 Å². The summed E-state index contributed by atoms with van der Waals surface area (Å²) in [4.78, 5) is 9.35. The molecule has 6 heteroatoms. The summed E-state index contributed by atoms with van der Waals surface area (Å²) in [6.45, 7) is 1.04. The van der Waals surface area contributed by atoms with E-state index in [0.29, 0.717) is 13.2 Å². The number of imidazole rings is 1. The van der Waals surface area contributed by atoms with Crippen LogP contribution >= 0.6 is 0 Å². The second-order valence-electron chi connectivity index (χ2n) is 7.23. The van der Waals surface area contributed by atoms with Gasteiger partial charge in [0.25, 0.3) is 0 Å². The van der Waals surface area contributed by atoms with E-state index in [1.54, 1.807) is 25.6 Å². The molecule has 0 radical (unpaired) electrons. The molecule has 0 bridgehead atoms. The number of ether oxygens (including phenoxy) is 2. The summed E-state index contributed by atoms with van der Waals surface area (Å²) in [6.07, 6.45) is 1.78. The molecule has 5 rings (SSSR count). The minimum atomic E-state index is 0.261. The van der Waals surface area contributed by atoms with Gasteiger partial charge in [0, 0.05) is 18.6 Å². The summed E-state index contributed by atoms with van der Waals surface area (Å²) in [7, 11) is 1.65. The Labute approximate surface area is 179 Å². The fraction of sp³-hybridized carbons (Fsp3) is 0.120. The lowest BCUT2D eigenvalue weighted by Gasteiger charge is -2.08. The highest BCUT2D eigenvalue weighted by Gasteiger charge is 2.09. The van der Waals surface area contributed by atoms with Gasteiger partial charge in [-0.15, -0.1) is 0 Å². The van der Waals surface area contributed by atoms with E-state index in [0.717, 1.165) is 44.6 Å². The van der Waals surface area contributed by atoms with E-state index in [4.69, 9.17) is 14.5 Å². The average molecular weight is 411 g/mol. The number of aromatic nitrogens is 3. The SMILES string of the molecule is COCCOc1ccc2c(c1)ncn2-c1ccc2cc(-c3ccc(O)cc3)ccc2n1. The Morgan fingerprint density at radius 3 is 2.52 bits per heavy atom. The third-order valence-electron chi connectivity index (χ3n) is 5.20. The van der Waals surface area contributed by atoms with Crippen molar-refractivity contribution in [2.24, 2.45) is 0 Å². The Bertz CT molecular complexity index is 1360. The van der Waals surface area contributed by atoms with Crippen LogP contribution in [0.5, 0.6) is 11.5 Å². The predicted molar refractivity (Wildman–Crippen MR) is 121 cm³/mol. The molecular formula is C25H21N3O3. The van der Waals surface area contributed by atoms with Crippen LogP contribution in [-0.4, -0.2) is 40.0 Å². The first kappa shape index (κ1) is 19.1. The van der Waals surface area contributed by atoms with Gasteiger partial charge in [-0.25, -0.2) is 9.97 Å². The van der Waals surface area contributed by atoms with Crippen LogP contribution in [0.25, 0.3) is 38.9 Å². The number of nitrogens with zero attached hydrogens (tertiary/aromatic N) is 3. The maximum absolute atomic E-state index is 9.51. The topological polar surface area (TPSA) is 69.4 Å². The molecule has 154 valence electrons. The number of phenolic OH excluding ortho intramolecular Hbond substituents is 1. The Balaban J connectivity index is 1.46. The zero-order chi connectivity index (χ0) is 21.2. The van der Waals surface area contributed by atoms with Crippen LogP contribution < -0.4 is 4.74 Å². The summed E-state index contributed by atoms with van der Waals surface area (Å²) in [5, 5.41) is 10.6. The molecule has 0 fully saturated rings. The molecule has 6 nitrogen and oxygen atoms in total. The molecule has 5 aromatic rings. The molecule has 2 heterocycles. The number of hydrogen-bond donors (Lipinski definition) is 1. The lowest BCUT2D eigenvalue weighted by Crippen LogP contribution is -2.04. The Kier molecular flexibility index (Phi) is 4.98. The highest BCUT2D eigenvalue weighted by molar-refractivity contribution is 5.86. The van der Waals surface area contributed by atoms with Gasteiger partial charge in [0.2, 0.25) is 0 Å². The highest BCUT2D eigenvalue weighted by atomic mass is 16.5. The lowest BCUT2D eigenvalue weighted by atomic mass is 10.0.